The number of benzene rings is 3. The summed E-state index contributed by atoms with van der Waals surface area (Å²) in [6.07, 6.45) is 1.11. The van der Waals surface area contributed by atoms with Gasteiger partial charge in [0.25, 0.3) is 0 Å². The lowest BCUT2D eigenvalue weighted by Crippen LogP contribution is -2.28. The predicted molar refractivity (Wildman–Crippen MR) is 158 cm³/mol. The van der Waals surface area contributed by atoms with E-state index in [1.807, 2.05) is 34.5 Å². The van der Waals surface area contributed by atoms with Gasteiger partial charge in [-0.25, -0.2) is 4.98 Å². The largest absolute Gasteiger partial charge is 0.480 e. The maximum absolute atomic E-state index is 11.4. The summed E-state index contributed by atoms with van der Waals surface area (Å²) in [5, 5.41) is 13.0. The molecule has 0 fully saturated rings. The van der Waals surface area contributed by atoms with Crippen LogP contribution in [-0.2, 0) is 30.8 Å². The van der Waals surface area contributed by atoms with Crippen LogP contribution in [0, 0.1) is 5.92 Å². The van der Waals surface area contributed by atoms with Crippen molar-refractivity contribution in [3.05, 3.63) is 105 Å². The summed E-state index contributed by atoms with van der Waals surface area (Å²) in [7, 11) is 2.11. The molecule has 4 rings (SSSR count). The molecule has 0 aliphatic heterocycles. The van der Waals surface area contributed by atoms with Gasteiger partial charge in [0.1, 0.15) is 5.01 Å². The van der Waals surface area contributed by atoms with E-state index in [0.29, 0.717) is 24.0 Å². The van der Waals surface area contributed by atoms with Crippen LogP contribution in [0.2, 0.25) is 5.02 Å². The highest BCUT2D eigenvalue weighted by Crippen LogP contribution is 2.26. The SMILES string of the molecule is CC(C)Cc1ccc(CN(C)c2ccc(-c3csc(CN(CC(=O)O)Cc4ccc(Cl)cc4)n3)cc2)cc1. The van der Waals surface area contributed by atoms with Crippen LogP contribution in [0.3, 0.4) is 0 Å². The van der Waals surface area contributed by atoms with Gasteiger partial charge < -0.3 is 10.0 Å². The lowest BCUT2D eigenvalue weighted by atomic mass is 10.0. The highest BCUT2D eigenvalue weighted by Gasteiger charge is 2.14. The van der Waals surface area contributed by atoms with Crippen LogP contribution in [0.4, 0.5) is 5.69 Å². The van der Waals surface area contributed by atoms with Crippen LogP contribution in [0.25, 0.3) is 11.3 Å². The molecule has 4 aromatic rings. The second-order valence-electron chi connectivity index (χ2n) is 10.1. The van der Waals surface area contributed by atoms with E-state index in [0.717, 1.165) is 40.5 Å². The molecule has 3 aromatic carbocycles. The van der Waals surface area contributed by atoms with E-state index in [1.54, 1.807) is 11.3 Å². The van der Waals surface area contributed by atoms with Crippen molar-refractivity contribution in [2.45, 2.75) is 39.9 Å². The Bertz CT molecular complexity index is 1320. The van der Waals surface area contributed by atoms with Gasteiger partial charge in [0.2, 0.25) is 0 Å². The van der Waals surface area contributed by atoms with Crippen molar-refractivity contribution >= 4 is 34.6 Å². The average Bonchev–Trinajstić information content (AvgIpc) is 3.34. The van der Waals surface area contributed by atoms with Gasteiger partial charge in [-0.2, -0.15) is 0 Å². The van der Waals surface area contributed by atoms with Gasteiger partial charge in [-0.15, -0.1) is 11.3 Å². The number of hydrogen-bond donors (Lipinski definition) is 1. The van der Waals surface area contributed by atoms with Gasteiger partial charge >= 0.3 is 5.97 Å². The normalized spacial score (nSPS) is 11.3. The third kappa shape index (κ3) is 8.15. The number of thiazole rings is 1. The molecule has 0 unspecified atom stereocenters. The fraction of sp³-hybridized carbons (Fsp3) is 0.290. The fourth-order valence-corrected chi connectivity index (χ4v) is 5.39. The van der Waals surface area contributed by atoms with Crippen molar-refractivity contribution < 1.29 is 9.90 Å². The van der Waals surface area contributed by atoms with E-state index in [-0.39, 0.29) is 6.54 Å². The molecule has 0 saturated heterocycles. The lowest BCUT2D eigenvalue weighted by molar-refractivity contribution is -0.138. The summed E-state index contributed by atoms with van der Waals surface area (Å²) in [5.74, 6) is -0.198. The minimum atomic E-state index is -0.859. The first-order valence-corrected chi connectivity index (χ1v) is 14.0. The van der Waals surface area contributed by atoms with Crippen molar-refractivity contribution in [1.82, 2.24) is 9.88 Å². The molecule has 0 aliphatic rings. The second kappa shape index (κ2) is 13.1. The maximum atomic E-state index is 11.4. The van der Waals surface area contributed by atoms with Crippen molar-refractivity contribution in [3.63, 3.8) is 0 Å². The molecule has 0 aliphatic carbocycles. The van der Waals surface area contributed by atoms with Crippen LogP contribution in [-0.4, -0.2) is 34.6 Å². The van der Waals surface area contributed by atoms with Crippen LogP contribution in [0.5, 0.6) is 0 Å². The number of carboxylic acids is 1. The number of anilines is 1. The highest BCUT2D eigenvalue weighted by molar-refractivity contribution is 7.09. The van der Waals surface area contributed by atoms with E-state index in [1.165, 1.54) is 11.1 Å². The average molecular weight is 548 g/mol. The van der Waals surface area contributed by atoms with Crippen molar-refractivity contribution in [1.29, 1.82) is 0 Å². The molecule has 0 amide bonds. The lowest BCUT2D eigenvalue weighted by Gasteiger charge is -2.20. The number of carboxylic acid groups (broad SMARTS) is 1. The minimum Gasteiger partial charge on any atom is -0.480 e. The molecule has 0 saturated carbocycles. The quantitative estimate of drug-likeness (QED) is 0.200. The first-order valence-electron chi connectivity index (χ1n) is 12.8. The van der Waals surface area contributed by atoms with Crippen LogP contribution in [0.15, 0.2) is 78.2 Å². The molecule has 7 heteroatoms. The first-order chi connectivity index (χ1) is 18.2. The second-order valence-corrected chi connectivity index (χ2v) is 11.5. The third-order valence-electron chi connectivity index (χ3n) is 6.28. The van der Waals surface area contributed by atoms with Gasteiger partial charge in [-0.1, -0.05) is 74.0 Å². The molecule has 0 spiro atoms. The number of rotatable bonds is 12. The molecule has 1 N–H and O–H groups in total. The molecule has 0 atom stereocenters. The maximum Gasteiger partial charge on any atom is 0.317 e. The Kier molecular flexibility index (Phi) is 9.56. The van der Waals surface area contributed by atoms with E-state index in [4.69, 9.17) is 16.6 Å². The van der Waals surface area contributed by atoms with Gasteiger partial charge in [0.05, 0.1) is 18.8 Å². The molecule has 38 heavy (non-hydrogen) atoms. The Morgan fingerprint density at radius 2 is 1.50 bits per heavy atom. The number of carbonyl (C=O) groups is 1. The van der Waals surface area contributed by atoms with Crippen LogP contribution in [0.1, 0.15) is 35.5 Å². The Morgan fingerprint density at radius 3 is 2.13 bits per heavy atom. The molecule has 0 bridgehead atoms. The van der Waals surface area contributed by atoms with Crippen molar-refractivity contribution in [3.8, 4) is 11.3 Å². The van der Waals surface area contributed by atoms with Crippen LogP contribution < -0.4 is 4.90 Å². The number of nitrogens with zero attached hydrogens (tertiary/aromatic N) is 3. The molecule has 198 valence electrons. The molecule has 5 nitrogen and oxygen atoms in total. The van der Waals surface area contributed by atoms with Gasteiger partial charge in [-0.05, 0) is 53.3 Å². The summed E-state index contributed by atoms with van der Waals surface area (Å²) in [6, 6.07) is 24.8. The Labute approximate surface area is 234 Å². The summed E-state index contributed by atoms with van der Waals surface area (Å²) in [4.78, 5) is 20.4. The van der Waals surface area contributed by atoms with Crippen molar-refractivity contribution in [2.75, 3.05) is 18.5 Å². The third-order valence-corrected chi connectivity index (χ3v) is 7.36. The van der Waals surface area contributed by atoms with Gasteiger partial charge in [0.15, 0.2) is 0 Å². The zero-order chi connectivity index (χ0) is 27.1. The predicted octanol–water partition coefficient (Wildman–Crippen LogP) is 7.39. The molecular formula is C31H34ClN3O2S. The minimum absolute atomic E-state index is 0.0565. The number of aliphatic carboxylic acids is 1. The van der Waals surface area contributed by atoms with E-state index in [9.17, 15) is 9.90 Å². The summed E-state index contributed by atoms with van der Waals surface area (Å²) in [5.41, 5.74) is 6.78. The molecule has 1 aromatic heterocycles. The summed E-state index contributed by atoms with van der Waals surface area (Å²) in [6.45, 7) is 6.26. The smallest absolute Gasteiger partial charge is 0.317 e. The summed E-state index contributed by atoms with van der Waals surface area (Å²) < 4.78 is 0. The Morgan fingerprint density at radius 1 is 0.895 bits per heavy atom. The topological polar surface area (TPSA) is 56.7 Å². The van der Waals surface area contributed by atoms with Crippen LogP contribution >= 0.6 is 22.9 Å². The zero-order valence-corrected chi connectivity index (χ0v) is 23.7. The standard InChI is InChI=1S/C31H34ClN3O2S/c1-22(2)16-23-4-6-24(7-5-23)17-34(3)28-14-10-26(11-15-28)29-21-38-30(33-29)19-35(20-31(36)37)18-25-8-12-27(32)13-9-25/h4-15,21-22H,16-20H2,1-3H3,(H,36,37). The highest BCUT2D eigenvalue weighted by atomic mass is 35.5. The van der Waals surface area contributed by atoms with Crippen molar-refractivity contribution in [2.24, 2.45) is 5.92 Å². The van der Waals surface area contributed by atoms with Gasteiger partial charge in [-0.3, -0.25) is 9.69 Å². The summed E-state index contributed by atoms with van der Waals surface area (Å²) >= 11 is 7.54. The Balaban J connectivity index is 1.38. The van der Waals surface area contributed by atoms with E-state index < -0.39 is 5.97 Å². The molecular weight excluding hydrogens is 514 g/mol. The number of aromatic nitrogens is 1. The fourth-order valence-electron chi connectivity index (χ4n) is 4.42. The van der Waals surface area contributed by atoms with E-state index >= 15 is 0 Å². The van der Waals surface area contributed by atoms with Gasteiger partial charge in [0, 0.05) is 41.8 Å². The monoisotopic (exact) mass is 547 g/mol. The Hall–Kier alpha value is -3.19. The number of hydrogen-bond acceptors (Lipinski definition) is 5. The zero-order valence-electron chi connectivity index (χ0n) is 22.1. The molecule has 0 radical (unpaired) electrons. The molecule has 1 heterocycles. The number of halogens is 1. The van der Waals surface area contributed by atoms with E-state index in [2.05, 4.69) is 74.3 Å². The first kappa shape index (κ1) is 27.8.